The molecule has 100 valence electrons. The van der Waals surface area contributed by atoms with Gasteiger partial charge in [0.05, 0.1) is 0 Å². The number of benzene rings is 1. The third-order valence-electron chi connectivity index (χ3n) is 3.32. The van der Waals surface area contributed by atoms with Gasteiger partial charge in [0.2, 0.25) is 0 Å². The Morgan fingerprint density at radius 2 is 1.95 bits per heavy atom. The van der Waals surface area contributed by atoms with E-state index in [4.69, 9.17) is 11.1 Å². The van der Waals surface area contributed by atoms with E-state index >= 15 is 0 Å². The van der Waals surface area contributed by atoms with E-state index in [1.807, 2.05) is 60.1 Å². The molecule has 0 bridgehead atoms. The van der Waals surface area contributed by atoms with Gasteiger partial charge in [0.25, 0.3) is 0 Å². The van der Waals surface area contributed by atoms with Crippen LogP contribution in [0.3, 0.4) is 0 Å². The minimum Gasteiger partial charge on any atom is -0.384 e. The summed E-state index contributed by atoms with van der Waals surface area (Å²) >= 11 is 0. The summed E-state index contributed by atoms with van der Waals surface area (Å²) in [5.41, 5.74) is 8.13. The average Bonchev–Trinajstić information content (AvgIpc) is 2.95. The summed E-state index contributed by atoms with van der Waals surface area (Å²) in [7, 11) is 2.00. The Morgan fingerprint density at radius 1 is 1.20 bits per heavy atom. The molecule has 0 saturated carbocycles. The van der Waals surface area contributed by atoms with Gasteiger partial charge >= 0.3 is 0 Å². The predicted molar refractivity (Wildman–Crippen MR) is 80.7 cm³/mol. The van der Waals surface area contributed by atoms with Gasteiger partial charge in [-0.1, -0.05) is 6.07 Å². The third-order valence-corrected chi connectivity index (χ3v) is 3.32. The number of nitrogens with one attached hydrogen (secondary N) is 1. The van der Waals surface area contributed by atoms with Gasteiger partial charge in [-0.3, -0.25) is 9.81 Å². The van der Waals surface area contributed by atoms with Gasteiger partial charge in [0, 0.05) is 30.7 Å². The molecule has 2 heterocycles. The molecular formula is C15H15N5. The largest absolute Gasteiger partial charge is 0.384 e. The number of anilines is 2. The molecule has 3 N–H and O–H groups in total. The predicted octanol–water partition coefficient (Wildman–Crippen LogP) is 2.39. The summed E-state index contributed by atoms with van der Waals surface area (Å²) < 4.78 is 2.03. The lowest BCUT2D eigenvalue weighted by Crippen LogP contribution is -2.14. The van der Waals surface area contributed by atoms with Crippen LogP contribution in [0.2, 0.25) is 0 Å². The topological polar surface area (TPSA) is 70.4 Å². The molecule has 0 amide bonds. The summed E-state index contributed by atoms with van der Waals surface area (Å²) in [4.78, 5) is 6.35. The number of rotatable bonds is 3. The molecule has 0 atom stereocenters. The van der Waals surface area contributed by atoms with Crippen LogP contribution in [0.25, 0.3) is 5.65 Å². The summed E-state index contributed by atoms with van der Waals surface area (Å²) in [6.07, 6.45) is 3.72. The summed E-state index contributed by atoms with van der Waals surface area (Å²) in [5, 5.41) is 7.42. The lowest BCUT2D eigenvalue weighted by Gasteiger charge is -2.21. The van der Waals surface area contributed by atoms with Crippen molar-refractivity contribution in [3.63, 3.8) is 0 Å². The Bertz CT molecular complexity index is 757. The quantitative estimate of drug-likeness (QED) is 0.564. The van der Waals surface area contributed by atoms with E-state index in [2.05, 4.69) is 9.88 Å². The number of hydrogen-bond acceptors (Lipinski definition) is 3. The fraction of sp³-hybridized carbons (Fsp3) is 0.0667. The molecule has 0 aliphatic heterocycles. The number of nitrogens with zero attached hydrogens (tertiary/aromatic N) is 3. The van der Waals surface area contributed by atoms with Crippen molar-refractivity contribution in [2.24, 2.45) is 5.73 Å². The number of imidazole rings is 1. The molecule has 3 aromatic rings. The van der Waals surface area contributed by atoms with E-state index in [1.54, 1.807) is 6.20 Å². The minimum absolute atomic E-state index is 0.0796. The molecule has 0 fully saturated rings. The molecule has 0 unspecified atom stereocenters. The molecule has 5 nitrogen and oxygen atoms in total. The zero-order valence-electron chi connectivity index (χ0n) is 11.1. The molecule has 5 heteroatoms. The number of fused-ring (bicyclic) bond motifs is 1. The maximum Gasteiger partial charge on any atom is 0.138 e. The standard InChI is InChI=1S/C15H15N5/c1-19(12-7-5-11(6-8-12)15(16)17)14-4-2-3-13-18-9-10-20(13)14/h2-10H,1H3,(H3,16,17). The van der Waals surface area contributed by atoms with Crippen LogP contribution in [0.4, 0.5) is 11.5 Å². The summed E-state index contributed by atoms with van der Waals surface area (Å²) in [6, 6.07) is 13.6. The number of hydrogen-bond donors (Lipinski definition) is 2. The van der Waals surface area contributed by atoms with Gasteiger partial charge in [0.15, 0.2) is 0 Å². The van der Waals surface area contributed by atoms with Crippen LogP contribution in [0.15, 0.2) is 54.9 Å². The van der Waals surface area contributed by atoms with Crippen molar-refractivity contribution in [1.82, 2.24) is 9.38 Å². The maximum atomic E-state index is 7.42. The van der Waals surface area contributed by atoms with E-state index in [0.29, 0.717) is 0 Å². The number of pyridine rings is 1. The number of nitrogens with two attached hydrogens (primary N) is 1. The van der Waals surface area contributed by atoms with Crippen LogP contribution in [0.5, 0.6) is 0 Å². The van der Waals surface area contributed by atoms with Crippen LogP contribution >= 0.6 is 0 Å². The zero-order chi connectivity index (χ0) is 14.1. The Morgan fingerprint density at radius 3 is 2.65 bits per heavy atom. The Hall–Kier alpha value is -2.82. The first-order valence-electron chi connectivity index (χ1n) is 6.27. The second-order valence-corrected chi connectivity index (χ2v) is 4.56. The van der Waals surface area contributed by atoms with Crippen LogP contribution in [0.1, 0.15) is 5.56 Å². The molecule has 0 aliphatic rings. The van der Waals surface area contributed by atoms with Crippen LogP contribution in [0, 0.1) is 5.41 Å². The monoisotopic (exact) mass is 265 g/mol. The van der Waals surface area contributed by atoms with Crippen molar-refractivity contribution in [1.29, 1.82) is 5.41 Å². The van der Waals surface area contributed by atoms with Crippen LogP contribution < -0.4 is 10.6 Å². The highest BCUT2D eigenvalue weighted by Gasteiger charge is 2.08. The summed E-state index contributed by atoms with van der Waals surface area (Å²) in [6.45, 7) is 0. The van der Waals surface area contributed by atoms with E-state index in [-0.39, 0.29) is 5.84 Å². The van der Waals surface area contributed by atoms with Crippen molar-refractivity contribution in [2.75, 3.05) is 11.9 Å². The van der Waals surface area contributed by atoms with Crippen LogP contribution in [-0.4, -0.2) is 22.3 Å². The SMILES string of the molecule is CN(c1ccc(C(=N)N)cc1)c1cccc2nccn12. The number of amidine groups is 1. The molecule has 0 radical (unpaired) electrons. The first-order chi connectivity index (χ1) is 9.66. The second kappa shape index (κ2) is 4.70. The highest BCUT2D eigenvalue weighted by atomic mass is 15.2. The molecule has 1 aromatic carbocycles. The highest BCUT2D eigenvalue weighted by molar-refractivity contribution is 5.95. The molecule has 0 spiro atoms. The van der Waals surface area contributed by atoms with Crippen molar-refractivity contribution in [3.8, 4) is 0 Å². The Kier molecular flexibility index (Phi) is 2.87. The highest BCUT2D eigenvalue weighted by Crippen LogP contribution is 2.24. The number of nitrogen functional groups attached to an aromatic ring is 1. The van der Waals surface area contributed by atoms with E-state index in [1.165, 1.54) is 0 Å². The van der Waals surface area contributed by atoms with E-state index in [0.717, 1.165) is 22.7 Å². The summed E-state index contributed by atoms with van der Waals surface area (Å²) in [5.74, 6) is 1.10. The van der Waals surface area contributed by atoms with Gasteiger partial charge in [0.1, 0.15) is 17.3 Å². The molecule has 0 aliphatic carbocycles. The smallest absolute Gasteiger partial charge is 0.138 e. The fourth-order valence-corrected chi connectivity index (χ4v) is 2.20. The second-order valence-electron chi connectivity index (χ2n) is 4.56. The molecule has 0 saturated heterocycles. The molecular weight excluding hydrogens is 250 g/mol. The van der Waals surface area contributed by atoms with Crippen molar-refractivity contribution in [3.05, 3.63) is 60.4 Å². The number of aromatic nitrogens is 2. The Labute approximate surface area is 116 Å². The van der Waals surface area contributed by atoms with Crippen molar-refractivity contribution < 1.29 is 0 Å². The van der Waals surface area contributed by atoms with E-state index in [9.17, 15) is 0 Å². The van der Waals surface area contributed by atoms with Crippen LogP contribution in [-0.2, 0) is 0 Å². The zero-order valence-corrected chi connectivity index (χ0v) is 11.1. The normalized spacial score (nSPS) is 10.7. The van der Waals surface area contributed by atoms with Gasteiger partial charge in [-0.2, -0.15) is 0 Å². The van der Waals surface area contributed by atoms with Crippen molar-refractivity contribution in [2.45, 2.75) is 0 Å². The maximum absolute atomic E-state index is 7.42. The third kappa shape index (κ3) is 1.99. The Balaban J connectivity index is 2.01. The molecule has 3 rings (SSSR count). The van der Waals surface area contributed by atoms with Gasteiger partial charge < -0.3 is 10.6 Å². The van der Waals surface area contributed by atoms with Gasteiger partial charge in [-0.05, 0) is 36.4 Å². The first-order valence-corrected chi connectivity index (χ1v) is 6.27. The lowest BCUT2D eigenvalue weighted by molar-refractivity contribution is 1.07. The van der Waals surface area contributed by atoms with Crippen molar-refractivity contribution >= 4 is 23.0 Å². The molecule has 2 aromatic heterocycles. The van der Waals surface area contributed by atoms with Gasteiger partial charge in [-0.25, -0.2) is 4.98 Å². The van der Waals surface area contributed by atoms with Gasteiger partial charge in [-0.15, -0.1) is 0 Å². The fourth-order valence-electron chi connectivity index (χ4n) is 2.20. The lowest BCUT2D eigenvalue weighted by atomic mass is 10.2. The minimum atomic E-state index is 0.0796. The van der Waals surface area contributed by atoms with E-state index < -0.39 is 0 Å². The molecule has 20 heavy (non-hydrogen) atoms. The average molecular weight is 265 g/mol. The first kappa shape index (κ1) is 12.2.